The maximum Gasteiger partial charge on any atom is 0.258 e. The molecule has 2 amide bonds. The summed E-state index contributed by atoms with van der Waals surface area (Å²) in [7, 11) is 0. The van der Waals surface area contributed by atoms with E-state index in [4.69, 9.17) is 0 Å². The van der Waals surface area contributed by atoms with Crippen molar-refractivity contribution in [3.8, 4) is 0 Å². The number of nitrogens with zero attached hydrogens (tertiary/aromatic N) is 1. The summed E-state index contributed by atoms with van der Waals surface area (Å²) in [5.74, 6) is -0.533. The smallest absolute Gasteiger partial charge is 0.258 e. The van der Waals surface area contributed by atoms with Crippen LogP contribution in [-0.4, -0.2) is 21.4 Å². The molecule has 27 heavy (non-hydrogen) atoms. The van der Waals surface area contributed by atoms with Gasteiger partial charge in [0.25, 0.3) is 5.91 Å². The number of rotatable bonds is 4. The van der Waals surface area contributed by atoms with E-state index in [2.05, 4.69) is 15.8 Å². The number of para-hydroxylation sites is 2. The molecule has 3 N–H and O–H groups in total. The number of nitrogens with one attached hydrogen (secondary N) is 3. The third-order valence-corrected chi connectivity index (χ3v) is 4.69. The summed E-state index contributed by atoms with van der Waals surface area (Å²) in [6.07, 6.45) is 2.01. The molecule has 0 bridgehead atoms. The number of carbonyl (C=O) groups excluding carboxylic acids is 2. The predicted octanol–water partition coefficient (Wildman–Crippen LogP) is 2.82. The molecule has 6 nitrogen and oxygen atoms in total. The highest BCUT2D eigenvalue weighted by Crippen LogP contribution is 2.19. The first-order chi connectivity index (χ1) is 13.1. The SMILES string of the molecule is Cc1cc2ccccc2n1CC(=O)NNC(=O)Cc1c[nH]c2ccccc12. The number of hydrazine groups is 1. The Bertz CT molecular complexity index is 1140. The van der Waals surface area contributed by atoms with Gasteiger partial charge in [-0.05, 0) is 36.1 Å². The fourth-order valence-corrected chi connectivity index (χ4v) is 3.38. The van der Waals surface area contributed by atoms with E-state index in [0.717, 1.165) is 33.1 Å². The first kappa shape index (κ1) is 16.9. The maximum atomic E-state index is 12.3. The fraction of sp³-hybridized carbons (Fsp3) is 0.143. The molecule has 0 unspecified atom stereocenters. The molecule has 0 saturated heterocycles. The van der Waals surface area contributed by atoms with Crippen LogP contribution in [0.1, 0.15) is 11.3 Å². The number of hydrogen-bond donors (Lipinski definition) is 3. The molecular weight excluding hydrogens is 340 g/mol. The van der Waals surface area contributed by atoms with E-state index in [9.17, 15) is 9.59 Å². The lowest BCUT2D eigenvalue weighted by Crippen LogP contribution is -2.43. The normalized spacial score (nSPS) is 11.0. The van der Waals surface area contributed by atoms with Crippen molar-refractivity contribution in [3.63, 3.8) is 0 Å². The molecule has 0 spiro atoms. The fourth-order valence-electron chi connectivity index (χ4n) is 3.38. The molecule has 0 aliphatic carbocycles. The lowest BCUT2D eigenvalue weighted by atomic mass is 10.1. The van der Waals surface area contributed by atoms with Gasteiger partial charge in [-0.25, -0.2) is 0 Å². The van der Waals surface area contributed by atoms with Gasteiger partial charge in [-0.1, -0.05) is 36.4 Å². The first-order valence-corrected chi connectivity index (χ1v) is 8.79. The molecule has 0 aliphatic rings. The van der Waals surface area contributed by atoms with Gasteiger partial charge >= 0.3 is 0 Å². The van der Waals surface area contributed by atoms with Gasteiger partial charge in [0.1, 0.15) is 6.54 Å². The largest absolute Gasteiger partial charge is 0.361 e. The first-order valence-electron chi connectivity index (χ1n) is 8.79. The molecule has 6 heteroatoms. The number of aromatic amines is 1. The number of aromatic nitrogens is 2. The molecule has 0 atom stereocenters. The van der Waals surface area contributed by atoms with E-state index >= 15 is 0 Å². The minimum Gasteiger partial charge on any atom is -0.361 e. The minimum absolute atomic E-state index is 0.146. The molecule has 2 heterocycles. The Labute approximate surface area is 156 Å². The summed E-state index contributed by atoms with van der Waals surface area (Å²) in [4.78, 5) is 27.6. The second-order valence-electron chi connectivity index (χ2n) is 6.56. The molecule has 0 radical (unpaired) electrons. The summed E-state index contributed by atoms with van der Waals surface area (Å²) in [6, 6.07) is 17.7. The van der Waals surface area contributed by atoms with Crippen LogP contribution in [0.5, 0.6) is 0 Å². The van der Waals surface area contributed by atoms with Crippen molar-refractivity contribution < 1.29 is 9.59 Å². The number of amides is 2. The second-order valence-corrected chi connectivity index (χ2v) is 6.56. The molecule has 0 aliphatic heterocycles. The third kappa shape index (κ3) is 3.42. The van der Waals surface area contributed by atoms with Crippen LogP contribution in [0.4, 0.5) is 0 Å². The lowest BCUT2D eigenvalue weighted by molar-refractivity contribution is -0.128. The van der Waals surface area contributed by atoms with Crippen LogP contribution >= 0.6 is 0 Å². The van der Waals surface area contributed by atoms with Crippen LogP contribution in [0.15, 0.2) is 60.8 Å². The average molecular weight is 360 g/mol. The lowest BCUT2D eigenvalue weighted by Gasteiger charge is -2.10. The van der Waals surface area contributed by atoms with Crippen LogP contribution in [0.2, 0.25) is 0 Å². The van der Waals surface area contributed by atoms with E-state index in [1.165, 1.54) is 0 Å². The van der Waals surface area contributed by atoms with Crippen molar-refractivity contribution in [1.82, 2.24) is 20.4 Å². The molecule has 2 aromatic carbocycles. The van der Waals surface area contributed by atoms with Gasteiger partial charge in [0, 0.05) is 28.3 Å². The minimum atomic E-state index is -0.272. The molecule has 0 saturated carbocycles. The summed E-state index contributed by atoms with van der Waals surface area (Å²) < 4.78 is 1.93. The number of H-pyrrole nitrogens is 1. The van der Waals surface area contributed by atoms with E-state index in [-0.39, 0.29) is 24.8 Å². The summed E-state index contributed by atoms with van der Waals surface area (Å²) >= 11 is 0. The molecular formula is C21H20N4O2. The number of benzene rings is 2. The summed E-state index contributed by atoms with van der Waals surface area (Å²) in [5.41, 5.74) is 8.87. The zero-order valence-corrected chi connectivity index (χ0v) is 15.0. The molecule has 136 valence electrons. The van der Waals surface area contributed by atoms with Crippen molar-refractivity contribution in [2.24, 2.45) is 0 Å². The van der Waals surface area contributed by atoms with Crippen molar-refractivity contribution >= 4 is 33.6 Å². The van der Waals surface area contributed by atoms with E-state index in [0.29, 0.717) is 0 Å². The Morgan fingerprint density at radius 1 is 1.00 bits per heavy atom. The van der Waals surface area contributed by atoms with E-state index in [1.54, 1.807) is 0 Å². The zero-order chi connectivity index (χ0) is 18.8. The number of hydrogen-bond acceptors (Lipinski definition) is 2. The standard InChI is InChI=1S/C21H20N4O2/c1-14-10-15-6-2-5-9-19(15)25(14)13-21(27)24-23-20(26)11-16-12-22-18-8-4-3-7-17(16)18/h2-10,12,22H,11,13H2,1H3,(H,23,26)(H,24,27). The highest BCUT2D eigenvalue weighted by atomic mass is 16.2. The van der Waals surface area contributed by atoms with Gasteiger partial charge in [0.05, 0.1) is 6.42 Å². The predicted molar refractivity (Wildman–Crippen MR) is 105 cm³/mol. The summed E-state index contributed by atoms with van der Waals surface area (Å²) in [6.45, 7) is 2.11. The van der Waals surface area contributed by atoms with Crippen molar-refractivity contribution in [1.29, 1.82) is 0 Å². The van der Waals surface area contributed by atoms with Gasteiger partial charge in [0.15, 0.2) is 0 Å². The van der Waals surface area contributed by atoms with E-state index < -0.39 is 0 Å². The highest BCUT2D eigenvalue weighted by molar-refractivity contribution is 5.90. The average Bonchev–Trinajstić information content (AvgIpc) is 3.21. The van der Waals surface area contributed by atoms with Gasteiger partial charge in [-0.3, -0.25) is 20.4 Å². The van der Waals surface area contributed by atoms with Gasteiger partial charge in [-0.15, -0.1) is 0 Å². The van der Waals surface area contributed by atoms with Crippen LogP contribution < -0.4 is 10.9 Å². The highest BCUT2D eigenvalue weighted by Gasteiger charge is 2.12. The van der Waals surface area contributed by atoms with E-state index in [1.807, 2.05) is 72.3 Å². The van der Waals surface area contributed by atoms with Crippen molar-refractivity contribution in [2.45, 2.75) is 19.9 Å². The molecule has 4 aromatic rings. The quantitative estimate of drug-likeness (QED) is 0.489. The maximum absolute atomic E-state index is 12.3. The summed E-state index contributed by atoms with van der Waals surface area (Å²) in [5, 5.41) is 2.10. The van der Waals surface area contributed by atoms with Gasteiger partial charge in [0.2, 0.25) is 5.91 Å². The van der Waals surface area contributed by atoms with Crippen LogP contribution in [0.3, 0.4) is 0 Å². The molecule has 2 aromatic heterocycles. The Morgan fingerprint density at radius 3 is 2.63 bits per heavy atom. The van der Waals surface area contributed by atoms with Crippen molar-refractivity contribution in [2.75, 3.05) is 0 Å². The van der Waals surface area contributed by atoms with Gasteiger partial charge < -0.3 is 9.55 Å². The molecule has 0 fully saturated rings. The number of fused-ring (bicyclic) bond motifs is 2. The van der Waals surface area contributed by atoms with Crippen molar-refractivity contribution in [3.05, 3.63) is 72.1 Å². The monoisotopic (exact) mass is 360 g/mol. The van der Waals surface area contributed by atoms with Crippen LogP contribution in [-0.2, 0) is 22.6 Å². The Balaban J connectivity index is 1.37. The topological polar surface area (TPSA) is 78.9 Å². The Morgan fingerprint density at radius 2 is 1.74 bits per heavy atom. The number of carbonyl (C=O) groups is 2. The number of aryl methyl sites for hydroxylation is 1. The van der Waals surface area contributed by atoms with Crippen LogP contribution in [0, 0.1) is 6.92 Å². The zero-order valence-electron chi connectivity index (χ0n) is 15.0. The van der Waals surface area contributed by atoms with Gasteiger partial charge in [-0.2, -0.15) is 0 Å². The van der Waals surface area contributed by atoms with Crippen LogP contribution in [0.25, 0.3) is 21.8 Å². The Hall–Kier alpha value is -3.54. The third-order valence-electron chi connectivity index (χ3n) is 4.69. The molecule has 4 rings (SSSR count). The Kier molecular flexibility index (Phi) is 4.38. The second kappa shape index (κ2) is 6.99.